The van der Waals surface area contributed by atoms with Crippen molar-refractivity contribution in [3.05, 3.63) is 0 Å². The first kappa shape index (κ1) is 11.7. The van der Waals surface area contributed by atoms with Crippen LogP contribution in [-0.2, 0) is 0 Å². The zero-order chi connectivity index (χ0) is 12.2. The summed E-state index contributed by atoms with van der Waals surface area (Å²) < 4.78 is 0. The van der Waals surface area contributed by atoms with Gasteiger partial charge in [0.25, 0.3) is 0 Å². The van der Waals surface area contributed by atoms with Crippen LogP contribution in [0, 0.1) is 23.2 Å². The number of aliphatic hydroxyl groups is 1. The van der Waals surface area contributed by atoms with Gasteiger partial charge in [-0.25, -0.2) is 0 Å². The molecule has 102 valence electrons. The normalized spacial score (nSPS) is 51.8. The zero-order valence-corrected chi connectivity index (χ0v) is 11.4. The molecule has 5 fully saturated rings. The van der Waals surface area contributed by atoms with Crippen molar-refractivity contribution in [3.8, 4) is 0 Å². The molecule has 2 heteroatoms. The second-order valence-corrected chi connectivity index (χ2v) is 7.82. The number of aliphatic hydroxyl groups excluding tert-OH is 1. The Kier molecular flexibility index (Phi) is 2.74. The van der Waals surface area contributed by atoms with Gasteiger partial charge in [-0.2, -0.15) is 0 Å². The van der Waals surface area contributed by atoms with Gasteiger partial charge in [0, 0.05) is 6.04 Å². The standard InChI is InChI=1S/C16H27NO/c18-15(7-14-2-1-3-17-14)16-8-11-4-12(9-16)6-13(5-11)10-16/h11-15,17-18H,1-10H2. The maximum absolute atomic E-state index is 10.8. The largest absolute Gasteiger partial charge is 0.392 e. The minimum Gasteiger partial charge on any atom is -0.392 e. The minimum absolute atomic E-state index is 0.0264. The van der Waals surface area contributed by atoms with E-state index in [9.17, 15) is 5.11 Å². The molecule has 2 unspecified atom stereocenters. The highest BCUT2D eigenvalue weighted by Crippen LogP contribution is 2.61. The maximum Gasteiger partial charge on any atom is 0.0611 e. The lowest BCUT2D eigenvalue weighted by Gasteiger charge is -2.58. The predicted molar refractivity (Wildman–Crippen MR) is 72.3 cm³/mol. The van der Waals surface area contributed by atoms with E-state index in [2.05, 4.69) is 5.32 Å². The van der Waals surface area contributed by atoms with Crippen LogP contribution in [0.15, 0.2) is 0 Å². The zero-order valence-electron chi connectivity index (χ0n) is 11.4. The first-order chi connectivity index (χ1) is 8.73. The molecular weight excluding hydrogens is 222 g/mol. The molecule has 5 rings (SSSR count). The van der Waals surface area contributed by atoms with E-state index in [1.807, 2.05) is 0 Å². The smallest absolute Gasteiger partial charge is 0.0611 e. The Hall–Kier alpha value is -0.0800. The Labute approximate surface area is 111 Å². The molecule has 1 saturated heterocycles. The van der Waals surface area contributed by atoms with Gasteiger partial charge in [-0.1, -0.05) is 0 Å². The molecule has 0 amide bonds. The van der Waals surface area contributed by atoms with Gasteiger partial charge in [0.05, 0.1) is 6.10 Å². The molecule has 4 aliphatic carbocycles. The fourth-order valence-electron chi connectivity index (χ4n) is 6.06. The average molecular weight is 249 g/mol. The second kappa shape index (κ2) is 4.21. The van der Waals surface area contributed by atoms with E-state index in [0.717, 1.165) is 30.7 Å². The van der Waals surface area contributed by atoms with E-state index in [-0.39, 0.29) is 6.10 Å². The topological polar surface area (TPSA) is 32.3 Å². The lowest BCUT2D eigenvalue weighted by molar-refractivity contribution is -0.123. The summed E-state index contributed by atoms with van der Waals surface area (Å²) in [5, 5.41) is 14.4. The Balaban J connectivity index is 1.48. The van der Waals surface area contributed by atoms with Gasteiger partial charge in [0.2, 0.25) is 0 Å². The Morgan fingerprint density at radius 2 is 1.67 bits per heavy atom. The highest BCUT2D eigenvalue weighted by molar-refractivity contribution is 5.04. The molecule has 0 aromatic heterocycles. The fraction of sp³-hybridized carbons (Fsp3) is 1.00. The lowest BCUT2D eigenvalue weighted by Crippen LogP contribution is -2.52. The summed E-state index contributed by atoms with van der Waals surface area (Å²) >= 11 is 0. The summed E-state index contributed by atoms with van der Waals surface area (Å²) in [5.74, 6) is 2.88. The number of hydrogen-bond donors (Lipinski definition) is 2. The van der Waals surface area contributed by atoms with E-state index >= 15 is 0 Å². The van der Waals surface area contributed by atoms with Crippen LogP contribution >= 0.6 is 0 Å². The first-order valence-corrected chi connectivity index (χ1v) is 8.15. The van der Waals surface area contributed by atoms with Crippen molar-refractivity contribution in [1.29, 1.82) is 0 Å². The molecule has 0 aromatic rings. The van der Waals surface area contributed by atoms with Crippen molar-refractivity contribution in [1.82, 2.24) is 5.32 Å². The number of rotatable bonds is 3. The van der Waals surface area contributed by atoms with Gasteiger partial charge >= 0.3 is 0 Å². The summed E-state index contributed by atoms with van der Waals surface area (Å²) in [6, 6.07) is 0.605. The van der Waals surface area contributed by atoms with Crippen LogP contribution in [-0.4, -0.2) is 23.8 Å². The molecule has 5 aliphatic rings. The molecule has 0 aromatic carbocycles. The van der Waals surface area contributed by atoms with E-state index in [4.69, 9.17) is 0 Å². The third-order valence-electron chi connectivity index (χ3n) is 6.46. The number of hydrogen-bond acceptors (Lipinski definition) is 2. The molecule has 4 saturated carbocycles. The van der Waals surface area contributed by atoms with Gasteiger partial charge in [0.15, 0.2) is 0 Å². The molecule has 2 nitrogen and oxygen atoms in total. The molecule has 0 spiro atoms. The van der Waals surface area contributed by atoms with Crippen molar-refractivity contribution in [2.24, 2.45) is 23.2 Å². The Morgan fingerprint density at radius 3 is 2.17 bits per heavy atom. The van der Waals surface area contributed by atoms with Crippen molar-refractivity contribution >= 4 is 0 Å². The van der Waals surface area contributed by atoms with E-state index in [1.165, 1.54) is 51.4 Å². The van der Waals surface area contributed by atoms with Crippen LogP contribution < -0.4 is 5.32 Å². The highest BCUT2D eigenvalue weighted by atomic mass is 16.3. The predicted octanol–water partition coefficient (Wildman–Crippen LogP) is 2.71. The molecule has 1 aliphatic heterocycles. The molecule has 0 radical (unpaired) electrons. The van der Waals surface area contributed by atoms with Crippen LogP contribution in [0.3, 0.4) is 0 Å². The van der Waals surface area contributed by atoms with E-state index in [0.29, 0.717) is 11.5 Å². The SMILES string of the molecule is OC(CC1CCCN1)C12CC3CC(CC(C3)C1)C2. The summed E-state index contributed by atoms with van der Waals surface area (Å²) in [7, 11) is 0. The maximum atomic E-state index is 10.8. The highest BCUT2D eigenvalue weighted by Gasteiger charge is 2.54. The van der Waals surface area contributed by atoms with Crippen LogP contribution in [0.1, 0.15) is 57.8 Å². The molecule has 18 heavy (non-hydrogen) atoms. The molecular formula is C16H27NO. The third-order valence-corrected chi connectivity index (χ3v) is 6.46. The van der Waals surface area contributed by atoms with Crippen molar-refractivity contribution in [2.75, 3.05) is 6.54 Å². The molecule has 2 atom stereocenters. The van der Waals surface area contributed by atoms with Gasteiger partial charge in [-0.05, 0) is 87.5 Å². The fourth-order valence-corrected chi connectivity index (χ4v) is 6.06. The Morgan fingerprint density at radius 1 is 1.06 bits per heavy atom. The van der Waals surface area contributed by atoms with Gasteiger partial charge in [0.1, 0.15) is 0 Å². The summed E-state index contributed by atoms with van der Waals surface area (Å²) in [6.45, 7) is 1.16. The van der Waals surface area contributed by atoms with Crippen molar-refractivity contribution in [2.45, 2.75) is 69.9 Å². The van der Waals surface area contributed by atoms with Crippen LogP contribution in [0.4, 0.5) is 0 Å². The quantitative estimate of drug-likeness (QED) is 0.806. The minimum atomic E-state index is -0.0264. The van der Waals surface area contributed by atoms with Crippen LogP contribution in [0.25, 0.3) is 0 Å². The number of nitrogens with one attached hydrogen (secondary N) is 1. The van der Waals surface area contributed by atoms with Crippen molar-refractivity contribution < 1.29 is 5.11 Å². The van der Waals surface area contributed by atoms with E-state index in [1.54, 1.807) is 0 Å². The van der Waals surface area contributed by atoms with Gasteiger partial charge < -0.3 is 10.4 Å². The second-order valence-electron chi connectivity index (χ2n) is 7.82. The van der Waals surface area contributed by atoms with E-state index < -0.39 is 0 Å². The van der Waals surface area contributed by atoms with Crippen molar-refractivity contribution in [3.63, 3.8) is 0 Å². The molecule has 1 heterocycles. The van der Waals surface area contributed by atoms with Gasteiger partial charge in [-0.3, -0.25) is 0 Å². The summed E-state index contributed by atoms with van der Waals surface area (Å²) in [4.78, 5) is 0. The monoisotopic (exact) mass is 249 g/mol. The third kappa shape index (κ3) is 1.84. The van der Waals surface area contributed by atoms with Gasteiger partial charge in [-0.15, -0.1) is 0 Å². The summed E-state index contributed by atoms with van der Waals surface area (Å²) in [6.07, 6.45) is 12.0. The average Bonchev–Trinajstić information content (AvgIpc) is 2.79. The Bertz CT molecular complexity index is 286. The first-order valence-electron chi connectivity index (χ1n) is 8.15. The molecule has 4 bridgehead atoms. The lowest BCUT2D eigenvalue weighted by atomic mass is 9.48. The van der Waals surface area contributed by atoms with Crippen LogP contribution in [0.2, 0.25) is 0 Å². The van der Waals surface area contributed by atoms with Crippen LogP contribution in [0.5, 0.6) is 0 Å². The molecule has 2 N–H and O–H groups in total. The summed E-state index contributed by atoms with van der Waals surface area (Å²) in [5.41, 5.74) is 0.332.